The van der Waals surface area contributed by atoms with Crippen LogP contribution in [0.15, 0.2) is 30.3 Å². The van der Waals surface area contributed by atoms with Gasteiger partial charge in [-0.05, 0) is 19.4 Å². The first-order chi connectivity index (χ1) is 11.5. The predicted molar refractivity (Wildman–Crippen MR) is 91.3 cm³/mol. The van der Waals surface area contributed by atoms with Crippen LogP contribution in [0.1, 0.15) is 51.0 Å². The van der Waals surface area contributed by atoms with E-state index in [-0.39, 0.29) is 12.1 Å². The fourth-order valence-electron chi connectivity index (χ4n) is 4.80. The molecule has 24 heavy (non-hydrogen) atoms. The van der Waals surface area contributed by atoms with Crippen LogP contribution in [0.5, 0.6) is 0 Å². The molecule has 0 spiro atoms. The quantitative estimate of drug-likeness (QED) is 0.614. The van der Waals surface area contributed by atoms with Crippen LogP contribution in [0.3, 0.4) is 0 Å². The number of carbonyl (C=O) groups is 1. The van der Waals surface area contributed by atoms with E-state index in [1.165, 1.54) is 12.8 Å². The number of benzene rings is 1. The first kappa shape index (κ1) is 17.4. The van der Waals surface area contributed by atoms with Gasteiger partial charge in [0.05, 0.1) is 31.1 Å². The van der Waals surface area contributed by atoms with Crippen LogP contribution in [0.25, 0.3) is 0 Å². The standard InChI is InChI=1S/C20H29NO3/c1-14(2)21(3)16-9-10-17(21)12-18(11-16)24-20(23)19(13-22)15-7-5-4-6-8-15/h4-8,14,16-19H,9-13H2,1-3H3/t16-,17?,18?,19?,21?/m0/s1. The first-order valence-corrected chi connectivity index (χ1v) is 9.15. The van der Waals surface area contributed by atoms with Crippen molar-refractivity contribution in [2.75, 3.05) is 13.7 Å². The maximum Gasteiger partial charge on any atom is 0.312 e. The third-order valence-corrected chi connectivity index (χ3v) is 6.53. The molecule has 0 N–H and O–H groups in total. The lowest BCUT2D eigenvalue weighted by atomic mass is 9.94. The molecule has 132 valence electrons. The molecular formula is C20H29NO3. The zero-order chi connectivity index (χ0) is 17.3. The number of nitrogens with zero attached hydrogens (tertiary/aromatic N) is 1. The number of rotatable bonds is 5. The van der Waals surface area contributed by atoms with Crippen molar-refractivity contribution in [3.63, 3.8) is 0 Å². The highest BCUT2D eigenvalue weighted by molar-refractivity contribution is 5.78. The van der Waals surface area contributed by atoms with Gasteiger partial charge in [0.2, 0.25) is 0 Å². The smallest absolute Gasteiger partial charge is 0.312 e. The zero-order valence-corrected chi connectivity index (χ0v) is 15.0. The summed E-state index contributed by atoms with van der Waals surface area (Å²) in [6.07, 6.45) is 4.26. The van der Waals surface area contributed by atoms with Gasteiger partial charge in [-0.2, -0.15) is 0 Å². The number of piperidine rings is 1. The molecule has 4 unspecified atom stereocenters. The van der Waals surface area contributed by atoms with Crippen LogP contribution in [0.2, 0.25) is 0 Å². The molecule has 5 atom stereocenters. The number of quaternary nitrogens is 1. The van der Waals surface area contributed by atoms with E-state index in [4.69, 9.17) is 4.74 Å². The lowest BCUT2D eigenvalue weighted by molar-refractivity contribution is -0.968. The van der Waals surface area contributed by atoms with Gasteiger partial charge < -0.3 is 14.3 Å². The second kappa shape index (κ2) is 6.85. The second-order valence-electron chi connectivity index (χ2n) is 7.86. The highest BCUT2D eigenvalue weighted by atomic mass is 16.5. The minimum Gasteiger partial charge on any atom is -0.854 e. The number of carbonyl (C=O) groups excluding carboxylic acids is 1. The average molecular weight is 331 g/mol. The third-order valence-electron chi connectivity index (χ3n) is 6.53. The van der Waals surface area contributed by atoms with Crippen LogP contribution in [-0.2, 0) is 9.53 Å². The van der Waals surface area contributed by atoms with E-state index in [2.05, 4.69) is 20.9 Å². The lowest BCUT2D eigenvalue weighted by Gasteiger charge is -2.49. The van der Waals surface area contributed by atoms with Crippen molar-refractivity contribution in [3.05, 3.63) is 35.9 Å². The summed E-state index contributed by atoms with van der Waals surface area (Å²) in [5.74, 6) is -1.03. The Kier molecular flexibility index (Phi) is 4.97. The van der Waals surface area contributed by atoms with Crippen molar-refractivity contribution >= 4 is 5.97 Å². The van der Waals surface area contributed by atoms with Crippen molar-refractivity contribution in [1.29, 1.82) is 0 Å². The molecule has 4 nitrogen and oxygen atoms in total. The fraction of sp³-hybridized carbons (Fsp3) is 0.650. The van der Waals surface area contributed by atoms with Gasteiger partial charge in [0.15, 0.2) is 0 Å². The average Bonchev–Trinajstić information content (AvgIpc) is 2.74. The summed E-state index contributed by atoms with van der Waals surface area (Å²) in [5, 5.41) is 11.5. The van der Waals surface area contributed by atoms with Crippen molar-refractivity contribution < 1.29 is 19.1 Å². The SMILES string of the molecule is CC(C)[N+]1(C)C2CC[C@H]1CC(OC(=O)C(C[O-])c1ccccc1)C2. The van der Waals surface area contributed by atoms with Gasteiger partial charge in [0.25, 0.3) is 0 Å². The summed E-state index contributed by atoms with van der Waals surface area (Å²) in [6, 6.07) is 11.0. The van der Waals surface area contributed by atoms with Crippen LogP contribution in [0, 0.1) is 0 Å². The van der Waals surface area contributed by atoms with Crippen molar-refractivity contribution in [3.8, 4) is 0 Å². The largest absolute Gasteiger partial charge is 0.854 e. The van der Waals surface area contributed by atoms with Gasteiger partial charge >= 0.3 is 5.97 Å². The first-order valence-electron chi connectivity index (χ1n) is 9.15. The Bertz CT molecular complexity index is 558. The molecule has 0 amide bonds. The Hall–Kier alpha value is -1.39. The van der Waals surface area contributed by atoms with E-state index < -0.39 is 12.5 Å². The second-order valence-corrected chi connectivity index (χ2v) is 7.86. The summed E-state index contributed by atoms with van der Waals surface area (Å²) in [5.41, 5.74) is 0.763. The molecule has 0 radical (unpaired) electrons. The minimum atomic E-state index is -0.684. The Morgan fingerprint density at radius 1 is 1.21 bits per heavy atom. The Morgan fingerprint density at radius 2 is 1.79 bits per heavy atom. The lowest BCUT2D eigenvalue weighted by Crippen LogP contribution is -2.62. The summed E-state index contributed by atoms with van der Waals surface area (Å²) in [4.78, 5) is 12.5. The summed E-state index contributed by atoms with van der Waals surface area (Å²) < 4.78 is 6.91. The number of hydrogen-bond acceptors (Lipinski definition) is 3. The Labute approximate surface area is 145 Å². The van der Waals surface area contributed by atoms with Crippen molar-refractivity contribution in [2.24, 2.45) is 0 Å². The molecule has 0 aliphatic carbocycles. The van der Waals surface area contributed by atoms with E-state index in [0.717, 1.165) is 22.9 Å². The van der Waals surface area contributed by atoms with Gasteiger partial charge in [0.1, 0.15) is 6.10 Å². The number of ether oxygens (including phenoxy) is 1. The molecular weight excluding hydrogens is 302 g/mol. The third kappa shape index (κ3) is 2.98. The summed E-state index contributed by atoms with van der Waals surface area (Å²) in [7, 11) is 2.36. The van der Waals surface area contributed by atoms with E-state index in [1.54, 1.807) is 0 Å². The highest BCUT2D eigenvalue weighted by Crippen LogP contribution is 2.44. The molecule has 0 aromatic heterocycles. The molecule has 0 saturated carbocycles. The molecule has 2 aliphatic heterocycles. The van der Waals surface area contributed by atoms with Gasteiger partial charge in [0, 0.05) is 25.7 Å². The molecule has 3 rings (SSSR count). The Balaban J connectivity index is 1.66. The van der Waals surface area contributed by atoms with Crippen LogP contribution >= 0.6 is 0 Å². The minimum absolute atomic E-state index is 0.0299. The monoisotopic (exact) mass is 331 g/mol. The number of esters is 1. The van der Waals surface area contributed by atoms with Gasteiger partial charge in [-0.3, -0.25) is 4.79 Å². The summed E-state index contributed by atoms with van der Waals surface area (Å²) >= 11 is 0. The van der Waals surface area contributed by atoms with Crippen LogP contribution in [-0.4, -0.2) is 48.3 Å². The van der Waals surface area contributed by atoms with Gasteiger partial charge in [-0.25, -0.2) is 0 Å². The number of fused-ring (bicyclic) bond motifs is 2. The van der Waals surface area contributed by atoms with E-state index in [1.807, 2.05) is 30.3 Å². The molecule has 2 saturated heterocycles. The molecule has 2 bridgehead atoms. The fourth-order valence-corrected chi connectivity index (χ4v) is 4.80. The van der Waals surface area contributed by atoms with Gasteiger partial charge in [-0.15, -0.1) is 6.61 Å². The predicted octanol–water partition coefficient (Wildman–Crippen LogP) is 2.22. The molecule has 1 aromatic carbocycles. The number of hydrogen-bond donors (Lipinski definition) is 0. The van der Waals surface area contributed by atoms with Crippen LogP contribution < -0.4 is 5.11 Å². The molecule has 2 fully saturated rings. The van der Waals surface area contributed by atoms with Crippen molar-refractivity contribution in [1.82, 2.24) is 0 Å². The summed E-state index contributed by atoms with van der Waals surface area (Å²) in [6.45, 7) is 4.13. The van der Waals surface area contributed by atoms with Crippen molar-refractivity contribution in [2.45, 2.75) is 69.7 Å². The topological polar surface area (TPSA) is 49.4 Å². The normalized spacial score (nSPS) is 33.5. The van der Waals surface area contributed by atoms with Gasteiger partial charge in [-0.1, -0.05) is 30.3 Å². The van der Waals surface area contributed by atoms with E-state index in [9.17, 15) is 9.90 Å². The Morgan fingerprint density at radius 3 is 2.29 bits per heavy atom. The molecule has 4 heteroatoms. The maximum absolute atomic E-state index is 12.5. The molecule has 1 aromatic rings. The zero-order valence-electron chi connectivity index (χ0n) is 15.0. The maximum atomic E-state index is 12.5. The van der Waals surface area contributed by atoms with E-state index in [0.29, 0.717) is 18.1 Å². The van der Waals surface area contributed by atoms with E-state index >= 15 is 0 Å². The molecule has 2 aliphatic rings. The highest BCUT2D eigenvalue weighted by Gasteiger charge is 2.53. The van der Waals surface area contributed by atoms with Crippen LogP contribution in [0.4, 0.5) is 0 Å². The molecule has 2 heterocycles.